The average Bonchev–Trinajstić information content (AvgIpc) is 2.15. The van der Waals surface area contributed by atoms with Gasteiger partial charge in [-0.1, -0.05) is 13.8 Å². The molecule has 1 aliphatic rings. The van der Waals surface area contributed by atoms with E-state index >= 15 is 0 Å². The fourth-order valence-corrected chi connectivity index (χ4v) is 1.42. The van der Waals surface area contributed by atoms with Gasteiger partial charge in [0.1, 0.15) is 6.23 Å². The molecule has 0 amide bonds. The standard InChI is InChI=1S/C9H20N2O.ClH/c1-3-5-10-9-8-11(4-2)6-7-12-9;/h9-10H,3-8H2,1-2H3;1H. The van der Waals surface area contributed by atoms with Crippen LogP contribution in [0.5, 0.6) is 0 Å². The van der Waals surface area contributed by atoms with Crippen LogP contribution in [0.1, 0.15) is 20.3 Å². The lowest BCUT2D eigenvalue weighted by atomic mass is 10.3. The minimum atomic E-state index is 0. The normalized spacial score (nSPS) is 24.0. The molecule has 1 fully saturated rings. The molecular weight excluding hydrogens is 188 g/mol. The molecule has 0 radical (unpaired) electrons. The molecule has 1 rings (SSSR count). The summed E-state index contributed by atoms with van der Waals surface area (Å²) in [7, 11) is 0. The van der Waals surface area contributed by atoms with Crippen molar-refractivity contribution < 1.29 is 4.74 Å². The van der Waals surface area contributed by atoms with Crippen LogP contribution in [0.2, 0.25) is 0 Å². The summed E-state index contributed by atoms with van der Waals surface area (Å²) in [6, 6.07) is 0. The van der Waals surface area contributed by atoms with Crippen molar-refractivity contribution in [3.8, 4) is 0 Å². The molecule has 3 nitrogen and oxygen atoms in total. The lowest BCUT2D eigenvalue weighted by Gasteiger charge is -2.32. The Balaban J connectivity index is 0.00000144. The van der Waals surface area contributed by atoms with Crippen LogP contribution in [0.4, 0.5) is 0 Å². The quantitative estimate of drug-likeness (QED) is 0.749. The molecule has 0 aromatic rings. The zero-order valence-corrected chi connectivity index (χ0v) is 9.40. The number of ether oxygens (including phenoxy) is 1. The lowest BCUT2D eigenvalue weighted by Crippen LogP contribution is -2.49. The zero-order valence-electron chi connectivity index (χ0n) is 8.58. The molecule has 0 spiro atoms. The summed E-state index contributed by atoms with van der Waals surface area (Å²) < 4.78 is 5.56. The maximum atomic E-state index is 5.56. The minimum Gasteiger partial charge on any atom is -0.361 e. The molecule has 0 aromatic heterocycles. The van der Waals surface area contributed by atoms with Crippen molar-refractivity contribution in [1.29, 1.82) is 0 Å². The summed E-state index contributed by atoms with van der Waals surface area (Å²) in [6.45, 7) is 9.55. The van der Waals surface area contributed by atoms with E-state index in [1.54, 1.807) is 0 Å². The number of rotatable bonds is 4. The van der Waals surface area contributed by atoms with Crippen LogP contribution >= 0.6 is 12.4 Å². The Bertz CT molecular complexity index is 124. The predicted molar refractivity (Wildman–Crippen MR) is 57.4 cm³/mol. The highest BCUT2D eigenvalue weighted by atomic mass is 35.5. The van der Waals surface area contributed by atoms with E-state index in [2.05, 4.69) is 24.1 Å². The van der Waals surface area contributed by atoms with Crippen LogP contribution in [0.3, 0.4) is 0 Å². The second kappa shape index (κ2) is 7.56. The van der Waals surface area contributed by atoms with Gasteiger partial charge in [0, 0.05) is 13.1 Å². The number of hydrogen-bond donors (Lipinski definition) is 1. The van der Waals surface area contributed by atoms with Gasteiger partial charge in [-0.25, -0.2) is 0 Å². The monoisotopic (exact) mass is 208 g/mol. The molecule has 0 aromatic carbocycles. The van der Waals surface area contributed by atoms with E-state index in [1.807, 2.05) is 0 Å². The largest absolute Gasteiger partial charge is 0.361 e. The highest BCUT2D eigenvalue weighted by Crippen LogP contribution is 2.01. The third-order valence-electron chi connectivity index (χ3n) is 2.22. The number of hydrogen-bond acceptors (Lipinski definition) is 3. The Morgan fingerprint density at radius 3 is 2.85 bits per heavy atom. The van der Waals surface area contributed by atoms with Crippen molar-refractivity contribution in [2.75, 3.05) is 32.8 Å². The summed E-state index contributed by atoms with van der Waals surface area (Å²) in [5, 5.41) is 3.37. The maximum Gasteiger partial charge on any atom is 0.121 e. The first-order chi connectivity index (χ1) is 5.86. The van der Waals surface area contributed by atoms with E-state index in [1.165, 1.54) is 6.42 Å². The Labute approximate surface area is 87.2 Å². The molecule has 1 heterocycles. The van der Waals surface area contributed by atoms with E-state index in [-0.39, 0.29) is 18.6 Å². The van der Waals surface area contributed by atoms with Crippen LogP contribution in [0.15, 0.2) is 0 Å². The molecule has 1 saturated heterocycles. The predicted octanol–water partition coefficient (Wildman–Crippen LogP) is 1.09. The topological polar surface area (TPSA) is 24.5 Å². The molecule has 4 heteroatoms. The first-order valence-corrected chi connectivity index (χ1v) is 4.94. The first kappa shape index (κ1) is 13.2. The molecule has 80 valence electrons. The maximum absolute atomic E-state index is 5.56. The third-order valence-corrected chi connectivity index (χ3v) is 2.22. The fourth-order valence-electron chi connectivity index (χ4n) is 1.42. The van der Waals surface area contributed by atoms with Crippen molar-refractivity contribution in [3.63, 3.8) is 0 Å². The molecular formula is C9H21ClN2O. The zero-order chi connectivity index (χ0) is 8.81. The van der Waals surface area contributed by atoms with Crippen LogP contribution in [-0.4, -0.2) is 43.9 Å². The van der Waals surface area contributed by atoms with Gasteiger partial charge < -0.3 is 4.74 Å². The second-order valence-electron chi connectivity index (χ2n) is 3.21. The van der Waals surface area contributed by atoms with E-state index in [0.717, 1.165) is 32.8 Å². The van der Waals surface area contributed by atoms with Gasteiger partial charge in [0.2, 0.25) is 0 Å². The van der Waals surface area contributed by atoms with Crippen LogP contribution in [0, 0.1) is 0 Å². The van der Waals surface area contributed by atoms with Crippen molar-refractivity contribution in [1.82, 2.24) is 10.2 Å². The van der Waals surface area contributed by atoms with Gasteiger partial charge in [0.05, 0.1) is 6.61 Å². The molecule has 1 unspecified atom stereocenters. The molecule has 1 aliphatic heterocycles. The smallest absolute Gasteiger partial charge is 0.121 e. The number of halogens is 1. The van der Waals surface area contributed by atoms with Crippen molar-refractivity contribution >= 4 is 12.4 Å². The highest BCUT2D eigenvalue weighted by Gasteiger charge is 2.17. The molecule has 0 aliphatic carbocycles. The Morgan fingerprint density at radius 2 is 2.23 bits per heavy atom. The van der Waals surface area contributed by atoms with Crippen LogP contribution in [0.25, 0.3) is 0 Å². The Morgan fingerprint density at radius 1 is 1.46 bits per heavy atom. The summed E-state index contributed by atoms with van der Waals surface area (Å²) in [6.07, 6.45) is 1.44. The summed E-state index contributed by atoms with van der Waals surface area (Å²) >= 11 is 0. The molecule has 1 atom stereocenters. The number of likely N-dealkylation sites (N-methyl/N-ethyl adjacent to an activating group) is 1. The van der Waals surface area contributed by atoms with Gasteiger partial charge in [-0.05, 0) is 19.5 Å². The van der Waals surface area contributed by atoms with E-state index in [4.69, 9.17) is 4.74 Å². The van der Waals surface area contributed by atoms with Crippen molar-refractivity contribution in [2.45, 2.75) is 26.5 Å². The lowest BCUT2D eigenvalue weighted by molar-refractivity contribution is -0.0434. The minimum absolute atomic E-state index is 0. The van der Waals surface area contributed by atoms with Gasteiger partial charge in [0.15, 0.2) is 0 Å². The Kier molecular flexibility index (Phi) is 7.66. The highest BCUT2D eigenvalue weighted by molar-refractivity contribution is 5.85. The van der Waals surface area contributed by atoms with Crippen molar-refractivity contribution in [3.05, 3.63) is 0 Å². The number of morpholine rings is 1. The Hall–Kier alpha value is 0.170. The fraction of sp³-hybridized carbons (Fsp3) is 1.00. The number of nitrogens with zero attached hydrogens (tertiary/aromatic N) is 1. The molecule has 13 heavy (non-hydrogen) atoms. The van der Waals surface area contributed by atoms with Gasteiger partial charge in [-0.3, -0.25) is 10.2 Å². The van der Waals surface area contributed by atoms with E-state index in [9.17, 15) is 0 Å². The molecule has 0 saturated carbocycles. The molecule has 0 bridgehead atoms. The van der Waals surface area contributed by atoms with Crippen LogP contribution in [-0.2, 0) is 4.74 Å². The van der Waals surface area contributed by atoms with Crippen LogP contribution < -0.4 is 5.32 Å². The summed E-state index contributed by atoms with van der Waals surface area (Å²) in [5.41, 5.74) is 0. The number of nitrogens with one attached hydrogen (secondary N) is 1. The first-order valence-electron chi connectivity index (χ1n) is 4.94. The van der Waals surface area contributed by atoms with E-state index in [0.29, 0.717) is 0 Å². The van der Waals surface area contributed by atoms with Gasteiger partial charge >= 0.3 is 0 Å². The van der Waals surface area contributed by atoms with Gasteiger partial charge in [-0.15, -0.1) is 12.4 Å². The summed E-state index contributed by atoms with van der Waals surface area (Å²) in [5.74, 6) is 0. The van der Waals surface area contributed by atoms with Gasteiger partial charge in [-0.2, -0.15) is 0 Å². The SMILES string of the molecule is CCCNC1CN(CC)CCO1.Cl. The van der Waals surface area contributed by atoms with E-state index < -0.39 is 0 Å². The average molecular weight is 209 g/mol. The van der Waals surface area contributed by atoms with Crippen molar-refractivity contribution in [2.24, 2.45) is 0 Å². The third kappa shape index (κ3) is 4.81. The second-order valence-corrected chi connectivity index (χ2v) is 3.21. The van der Waals surface area contributed by atoms with Gasteiger partial charge in [0.25, 0.3) is 0 Å². The summed E-state index contributed by atoms with van der Waals surface area (Å²) in [4.78, 5) is 2.41. The molecule has 1 N–H and O–H groups in total.